The van der Waals surface area contributed by atoms with Crippen molar-refractivity contribution in [3.05, 3.63) is 47.0 Å². The van der Waals surface area contributed by atoms with Gasteiger partial charge in [0.15, 0.2) is 0 Å². The fourth-order valence-electron chi connectivity index (χ4n) is 2.68. The molecular weight excluding hydrogens is 254 g/mol. The van der Waals surface area contributed by atoms with E-state index >= 15 is 0 Å². The van der Waals surface area contributed by atoms with Crippen molar-refractivity contribution >= 4 is 22.6 Å². The van der Waals surface area contributed by atoms with E-state index in [0.717, 1.165) is 16.3 Å². The molecule has 4 nitrogen and oxygen atoms in total. The highest BCUT2D eigenvalue weighted by Gasteiger charge is 2.32. The summed E-state index contributed by atoms with van der Waals surface area (Å²) in [6.07, 6.45) is 0. The van der Waals surface area contributed by atoms with Gasteiger partial charge in [-0.15, -0.1) is 0 Å². The molecule has 0 spiro atoms. The van der Waals surface area contributed by atoms with Crippen molar-refractivity contribution in [2.24, 2.45) is 0 Å². The lowest BCUT2D eigenvalue weighted by molar-refractivity contribution is 0.0560. The largest absolute Gasteiger partial charge is 0.383 e. The van der Waals surface area contributed by atoms with Crippen molar-refractivity contribution in [3.63, 3.8) is 0 Å². The average molecular weight is 269 g/mol. The number of hydrogen-bond donors (Lipinski definition) is 0. The molecule has 2 amide bonds. The Bertz CT molecular complexity index is 699. The van der Waals surface area contributed by atoms with Gasteiger partial charge in [-0.25, -0.2) is 0 Å². The Kier molecular flexibility index (Phi) is 3.03. The predicted molar refractivity (Wildman–Crippen MR) is 75.9 cm³/mol. The number of ether oxygens (including phenoxy) is 1. The van der Waals surface area contributed by atoms with E-state index in [2.05, 4.69) is 0 Å². The molecular formula is C16H15NO3. The van der Waals surface area contributed by atoms with Crippen molar-refractivity contribution < 1.29 is 14.3 Å². The van der Waals surface area contributed by atoms with E-state index in [1.54, 1.807) is 19.2 Å². The Morgan fingerprint density at radius 2 is 1.75 bits per heavy atom. The highest BCUT2D eigenvalue weighted by Crippen LogP contribution is 2.31. The number of imide groups is 1. The van der Waals surface area contributed by atoms with Gasteiger partial charge < -0.3 is 4.74 Å². The van der Waals surface area contributed by atoms with Gasteiger partial charge in [0.05, 0.1) is 13.2 Å². The molecule has 0 saturated carbocycles. The van der Waals surface area contributed by atoms with E-state index in [9.17, 15) is 9.59 Å². The molecule has 0 aromatic heterocycles. The second kappa shape index (κ2) is 4.72. The molecule has 0 saturated heterocycles. The molecule has 0 atom stereocenters. The third-order valence-electron chi connectivity index (χ3n) is 3.73. The van der Waals surface area contributed by atoms with E-state index in [0.29, 0.717) is 17.7 Å². The van der Waals surface area contributed by atoms with Crippen molar-refractivity contribution in [2.45, 2.75) is 6.92 Å². The number of aryl methyl sites for hydroxylation is 1. The lowest BCUT2D eigenvalue weighted by atomic mass is 9.92. The second-order valence-corrected chi connectivity index (χ2v) is 4.91. The molecule has 0 fully saturated rings. The molecule has 0 N–H and O–H groups in total. The summed E-state index contributed by atoms with van der Waals surface area (Å²) in [5, 5.41) is 1.74. The Balaban J connectivity index is 2.23. The molecule has 0 radical (unpaired) electrons. The molecule has 2 aromatic carbocycles. The highest BCUT2D eigenvalue weighted by molar-refractivity contribution is 6.25. The first-order valence-corrected chi connectivity index (χ1v) is 6.52. The molecule has 1 aliphatic heterocycles. The first-order chi connectivity index (χ1) is 9.65. The zero-order valence-corrected chi connectivity index (χ0v) is 11.5. The van der Waals surface area contributed by atoms with Crippen LogP contribution in [0.4, 0.5) is 0 Å². The van der Waals surface area contributed by atoms with Crippen LogP contribution < -0.4 is 0 Å². The Hall–Kier alpha value is -2.20. The van der Waals surface area contributed by atoms with Gasteiger partial charge in [0.1, 0.15) is 0 Å². The monoisotopic (exact) mass is 269 g/mol. The SMILES string of the molecule is COCCN1C(=O)c2cccc3c(C)ccc(c23)C1=O. The zero-order valence-electron chi connectivity index (χ0n) is 11.5. The van der Waals surface area contributed by atoms with Crippen LogP contribution in [0.15, 0.2) is 30.3 Å². The predicted octanol–water partition coefficient (Wildman–Crippen LogP) is 2.39. The minimum Gasteiger partial charge on any atom is -0.383 e. The van der Waals surface area contributed by atoms with Crippen molar-refractivity contribution in [3.8, 4) is 0 Å². The standard InChI is InChI=1S/C16H15NO3/c1-10-6-7-13-14-11(10)4-3-5-12(14)15(18)17(16(13)19)8-9-20-2/h3-7H,8-9H2,1-2H3. The summed E-state index contributed by atoms with van der Waals surface area (Å²) in [6.45, 7) is 2.60. The fraction of sp³-hybridized carbons (Fsp3) is 0.250. The van der Waals surface area contributed by atoms with E-state index in [-0.39, 0.29) is 18.4 Å². The van der Waals surface area contributed by atoms with Crippen LogP contribution in [0.1, 0.15) is 26.3 Å². The fourth-order valence-corrected chi connectivity index (χ4v) is 2.68. The highest BCUT2D eigenvalue weighted by atomic mass is 16.5. The lowest BCUT2D eigenvalue weighted by Crippen LogP contribution is -2.42. The summed E-state index contributed by atoms with van der Waals surface area (Å²) < 4.78 is 4.98. The maximum absolute atomic E-state index is 12.5. The molecule has 0 aliphatic carbocycles. The van der Waals surface area contributed by atoms with Crippen LogP contribution in [0, 0.1) is 6.92 Å². The van der Waals surface area contributed by atoms with Gasteiger partial charge in [-0.1, -0.05) is 18.2 Å². The molecule has 1 heterocycles. The molecule has 4 heteroatoms. The second-order valence-electron chi connectivity index (χ2n) is 4.91. The Morgan fingerprint density at radius 1 is 1.05 bits per heavy atom. The van der Waals surface area contributed by atoms with Crippen LogP contribution in [0.25, 0.3) is 10.8 Å². The average Bonchev–Trinajstić information content (AvgIpc) is 2.46. The Morgan fingerprint density at radius 3 is 2.45 bits per heavy atom. The van der Waals surface area contributed by atoms with Crippen LogP contribution in [0.3, 0.4) is 0 Å². The molecule has 0 unspecified atom stereocenters. The van der Waals surface area contributed by atoms with E-state index in [4.69, 9.17) is 4.74 Å². The van der Waals surface area contributed by atoms with Gasteiger partial charge >= 0.3 is 0 Å². The molecule has 102 valence electrons. The lowest BCUT2D eigenvalue weighted by Gasteiger charge is -2.27. The number of benzene rings is 2. The van der Waals surface area contributed by atoms with Crippen LogP contribution in [0.2, 0.25) is 0 Å². The van der Waals surface area contributed by atoms with Crippen LogP contribution in [-0.2, 0) is 4.74 Å². The number of hydrogen-bond acceptors (Lipinski definition) is 3. The molecule has 3 rings (SSSR count). The van der Waals surface area contributed by atoms with Gasteiger partial charge in [0.2, 0.25) is 0 Å². The van der Waals surface area contributed by atoms with Crippen molar-refractivity contribution in [2.75, 3.05) is 20.3 Å². The Labute approximate surface area is 116 Å². The summed E-state index contributed by atoms with van der Waals surface area (Å²) in [4.78, 5) is 26.2. The van der Waals surface area contributed by atoms with E-state index in [1.807, 2.05) is 25.1 Å². The van der Waals surface area contributed by atoms with Crippen LogP contribution >= 0.6 is 0 Å². The minimum atomic E-state index is -0.240. The number of rotatable bonds is 3. The first-order valence-electron chi connectivity index (χ1n) is 6.52. The topological polar surface area (TPSA) is 46.6 Å². The van der Waals surface area contributed by atoms with Crippen LogP contribution in [-0.4, -0.2) is 37.0 Å². The van der Waals surface area contributed by atoms with Gasteiger partial charge in [-0.05, 0) is 30.0 Å². The van der Waals surface area contributed by atoms with E-state index in [1.165, 1.54) is 4.90 Å². The number of methoxy groups -OCH3 is 1. The van der Waals surface area contributed by atoms with Crippen LogP contribution in [0.5, 0.6) is 0 Å². The summed E-state index contributed by atoms with van der Waals surface area (Å²) in [5.41, 5.74) is 2.25. The smallest absolute Gasteiger partial charge is 0.261 e. The number of carbonyl (C=O) groups is 2. The summed E-state index contributed by atoms with van der Waals surface area (Å²) in [6, 6.07) is 9.30. The van der Waals surface area contributed by atoms with Gasteiger partial charge in [0.25, 0.3) is 11.8 Å². The van der Waals surface area contributed by atoms with Gasteiger partial charge in [-0.2, -0.15) is 0 Å². The maximum atomic E-state index is 12.5. The number of carbonyl (C=O) groups excluding carboxylic acids is 2. The first kappa shape index (κ1) is 12.8. The van der Waals surface area contributed by atoms with Gasteiger partial charge in [-0.3, -0.25) is 14.5 Å². The maximum Gasteiger partial charge on any atom is 0.261 e. The third kappa shape index (κ3) is 1.72. The minimum absolute atomic E-state index is 0.240. The van der Waals surface area contributed by atoms with Crippen molar-refractivity contribution in [1.29, 1.82) is 0 Å². The molecule has 20 heavy (non-hydrogen) atoms. The number of nitrogens with zero attached hydrogens (tertiary/aromatic N) is 1. The third-order valence-corrected chi connectivity index (χ3v) is 3.73. The number of amides is 2. The van der Waals surface area contributed by atoms with E-state index < -0.39 is 0 Å². The summed E-state index contributed by atoms with van der Waals surface area (Å²) in [7, 11) is 1.55. The molecule has 2 aromatic rings. The summed E-state index contributed by atoms with van der Waals surface area (Å²) >= 11 is 0. The van der Waals surface area contributed by atoms with Crippen molar-refractivity contribution in [1.82, 2.24) is 4.90 Å². The molecule has 0 bridgehead atoms. The normalized spacial score (nSPS) is 14.2. The molecule has 1 aliphatic rings. The zero-order chi connectivity index (χ0) is 14.3. The quantitative estimate of drug-likeness (QED) is 0.804. The summed E-state index contributed by atoms with van der Waals surface area (Å²) in [5.74, 6) is -0.480. The van der Waals surface area contributed by atoms with Gasteiger partial charge in [0, 0.05) is 23.6 Å².